The van der Waals surface area contributed by atoms with Gasteiger partial charge in [0.25, 0.3) is 5.91 Å². The fourth-order valence-corrected chi connectivity index (χ4v) is 3.56. The Morgan fingerprint density at radius 1 is 0.926 bits per heavy atom. The molecule has 0 spiro atoms. The molecule has 4 rings (SSSR count). The molecular weight excluding hydrogens is 368 g/mol. The predicted octanol–water partition coefficient (Wildman–Crippen LogP) is 2.99. The van der Waals surface area contributed by atoms with Gasteiger partial charge >= 0.3 is 0 Å². The first kappa shape index (κ1) is 17.7. The number of ether oxygens (including phenoxy) is 2. The second-order valence-electron chi connectivity index (χ2n) is 6.71. The van der Waals surface area contributed by atoms with E-state index in [4.69, 9.17) is 21.1 Å². The number of hydrazine groups is 1. The van der Waals surface area contributed by atoms with Crippen molar-refractivity contribution < 1.29 is 19.1 Å². The summed E-state index contributed by atoms with van der Waals surface area (Å²) in [6.07, 6.45) is 2.44. The SMILES string of the molecule is O=C(NNC(=O)C1(c2ccc(Cl)cc2)CCC1)c1ccc2c(c1)OCCO2. The molecule has 6 nitrogen and oxygen atoms in total. The minimum absolute atomic E-state index is 0.220. The van der Waals surface area contributed by atoms with Crippen molar-refractivity contribution in [3.05, 3.63) is 58.6 Å². The average Bonchev–Trinajstić information content (AvgIpc) is 2.66. The molecule has 2 aromatic rings. The number of carbonyl (C=O) groups is 2. The van der Waals surface area contributed by atoms with Crippen molar-refractivity contribution in [3.8, 4) is 11.5 Å². The first-order valence-electron chi connectivity index (χ1n) is 8.85. The van der Waals surface area contributed by atoms with Gasteiger partial charge in [-0.3, -0.25) is 20.4 Å². The maximum absolute atomic E-state index is 12.8. The van der Waals surface area contributed by atoms with Crippen molar-refractivity contribution in [1.82, 2.24) is 10.9 Å². The molecule has 1 heterocycles. The van der Waals surface area contributed by atoms with Crippen LogP contribution in [0.2, 0.25) is 5.02 Å². The summed E-state index contributed by atoms with van der Waals surface area (Å²) in [5.41, 5.74) is 5.74. The van der Waals surface area contributed by atoms with Crippen molar-refractivity contribution in [3.63, 3.8) is 0 Å². The molecule has 1 aliphatic carbocycles. The smallest absolute Gasteiger partial charge is 0.269 e. The van der Waals surface area contributed by atoms with Gasteiger partial charge in [-0.05, 0) is 48.7 Å². The van der Waals surface area contributed by atoms with Crippen LogP contribution in [0, 0.1) is 0 Å². The van der Waals surface area contributed by atoms with E-state index in [9.17, 15) is 9.59 Å². The molecule has 0 radical (unpaired) electrons. The molecule has 0 atom stereocenters. The molecule has 0 saturated heterocycles. The Hall–Kier alpha value is -2.73. The van der Waals surface area contributed by atoms with E-state index in [0.29, 0.717) is 35.3 Å². The van der Waals surface area contributed by atoms with Gasteiger partial charge in [0, 0.05) is 10.6 Å². The lowest BCUT2D eigenvalue weighted by Crippen LogP contribution is -2.54. The second kappa shape index (κ2) is 7.12. The van der Waals surface area contributed by atoms with Gasteiger partial charge < -0.3 is 9.47 Å². The lowest BCUT2D eigenvalue weighted by molar-refractivity contribution is -0.130. The number of hydrogen-bond donors (Lipinski definition) is 2. The van der Waals surface area contributed by atoms with E-state index in [2.05, 4.69) is 10.9 Å². The summed E-state index contributed by atoms with van der Waals surface area (Å²) < 4.78 is 10.9. The molecule has 0 unspecified atom stereocenters. The van der Waals surface area contributed by atoms with Crippen LogP contribution in [0.5, 0.6) is 11.5 Å². The van der Waals surface area contributed by atoms with Crippen molar-refractivity contribution >= 4 is 23.4 Å². The molecule has 0 bridgehead atoms. The Kier molecular flexibility index (Phi) is 4.66. The zero-order valence-electron chi connectivity index (χ0n) is 14.6. The Balaban J connectivity index is 1.44. The minimum Gasteiger partial charge on any atom is -0.486 e. The number of hydrogen-bond acceptors (Lipinski definition) is 4. The molecule has 2 aromatic carbocycles. The van der Waals surface area contributed by atoms with Crippen molar-refractivity contribution in [2.24, 2.45) is 0 Å². The summed E-state index contributed by atoms with van der Waals surface area (Å²) >= 11 is 5.95. The fourth-order valence-electron chi connectivity index (χ4n) is 3.44. The zero-order valence-corrected chi connectivity index (χ0v) is 15.3. The topological polar surface area (TPSA) is 76.7 Å². The minimum atomic E-state index is -0.620. The van der Waals surface area contributed by atoms with Crippen molar-refractivity contribution in [2.45, 2.75) is 24.7 Å². The second-order valence-corrected chi connectivity index (χ2v) is 7.15. The van der Waals surface area contributed by atoms with E-state index < -0.39 is 11.3 Å². The van der Waals surface area contributed by atoms with Crippen molar-refractivity contribution in [1.29, 1.82) is 0 Å². The van der Waals surface area contributed by atoms with Gasteiger partial charge in [0.05, 0.1) is 5.41 Å². The highest BCUT2D eigenvalue weighted by Crippen LogP contribution is 2.44. The maximum atomic E-state index is 12.8. The van der Waals surface area contributed by atoms with Gasteiger partial charge in [-0.15, -0.1) is 0 Å². The van der Waals surface area contributed by atoms with E-state index >= 15 is 0 Å². The molecule has 140 valence electrons. The largest absolute Gasteiger partial charge is 0.486 e. The van der Waals surface area contributed by atoms with E-state index in [1.54, 1.807) is 30.3 Å². The lowest BCUT2D eigenvalue weighted by Gasteiger charge is -2.40. The Morgan fingerprint density at radius 3 is 2.30 bits per heavy atom. The maximum Gasteiger partial charge on any atom is 0.269 e. The number of rotatable bonds is 3. The number of fused-ring (bicyclic) bond motifs is 1. The van der Waals surface area contributed by atoms with E-state index in [-0.39, 0.29) is 5.91 Å². The van der Waals surface area contributed by atoms with Gasteiger partial charge in [0.15, 0.2) is 11.5 Å². The summed E-state index contributed by atoms with van der Waals surface area (Å²) in [7, 11) is 0. The van der Waals surface area contributed by atoms with Gasteiger partial charge in [-0.2, -0.15) is 0 Å². The fraction of sp³-hybridized carbons (Fsp3) is 0.300. The number of benzene rings is 2. The van der Waals surface area contributed by atoms with Crippen LogP contribution >= 0.6 is 11.6 Å². The zero-order chi connectivity index (χ0) is 18.9. The summed E-state index contributed by atoms with van der Waals surface area (Å²) in [6, 6.07) is 12.2. The Labute approximate surface area is 161 Å². The van der Waals surface area contributed by atoms with Gasteiger partial charge in [-0.25, -0.2) is 0 Å². The van der Waals surface area contributed by atoms with Crippen LogP contribution in [0.1, 0.15) is 35.2 Å². The summed E-state index contributed by atoms with van der Waals surface area (Å²) in [5.74, 6) is 0.503. The highest BCUT2D eigenvalue weighted by atomic mass is 35.5. The first-order valence-corrected chi connectivity index (χ1v) is 9.23. The number of halogens is 1. The summed E-state index contributed by atoms with van der Waals surface area (Å²) in [6.45, 7) is 0.930. The predicted molar refractivity (Wildman–Crippen MR) is 100 cm³/mol. The van der Waals surface area contributed by atoms with Crippen LogP contribution in [0.4, 0.5) is 0 Å². The monoisotopic (exact) mass is 386 g/mol. The molecule has 1 aliphatic heterocycles. The molecule has 2 amide bonds. The summed E-state index contributed by atoms with van der Waals surface area (Å²) in [4.78, 5) is 25.2. The number of nitrogens with one attached hydrogen (secondary N) is 2. The van der Waals surface area contributed by atoms with Gasteiger partial charge in [0.2, 0.25) is 5.91 Å². The molecular formula is C20H19ClN2O4. The van der Waals surface area contributed by atoms with E-state index in [1.165, 1.54) is 0 Å². The van der Waals surface area contributed by atoms with Crippen LogP contribution in [-0.2, 0) is 10.2 Å². The van der Waals surface area contributed by atoms with E-state index in [0.717, 1.165) is 24.8 Å². The van der Waals surface area contributed by atoms with Crippen LogP contribution in [0.25, 0.3) is 0 Å². The molecule has 1 fully saturated rings. The third kappa shape index (κ3) is 3.32. The molecule has 1 saturated carbocycles. The molecule has 7 heteroatoms. The van der Waals surface area contributed by atoms with Crippen LogP contribution in [0.15, 0.2) is 42.5 Å². The standard InChI is InChI=1S/C20H19ClN2O4/c21-15-5-3-14(4-6-15)20(8-1-9-20)19(25)23-22-18(24)13-2-7-16-17(12-13)27-11-10-26-16/h2-7,12H,1,8-11H2,(H,22,24)(H,23,25). The first-order chi connectivity index (χ1) is 13.1. The van der Waals surface area contributed by atoms with Crippen LogP contribution in [0.3, 0.4) is 0 Å². The molecule has 27 heavy (non-hydrogen) atoms. The van der Waals surface area contributed by atoms with E-state index in [1.807, 2.05) is 12.1 Å². The lowest BCUT2D eigenvalue weighted by atomic mass is 9.64. The highest BCUT2D eigenvalue weighted by Gasteiger charge is 2.45. The van der Waals surface area contributed by atoms with Crippen LogP contribution < -0.4 is 20.3 Å². The highest BCUT2D eigenvalue weighted by molar-refractivity contribution is 6.30. The normalized spacial score (nSPS) is 16.8. The molecule has 2 aliphatic rings. The van der Waals surface area contributed by atoms with Crippen LogP contribution in [-0.4, -0.2) is 25.0 Å². The number of amides is 2. The molecule has 2 N–H and O–H groups in total. The van der Waals surface area contributed by atoms with Gasteiger partial charge in [-0.1, -0.05) is 30.2 Å². The Bertz CT molecular complexity index is 878. The summed E-state index contributed by atoms with van der Waals surface area (Å²) in [5, 5.41) is 0.626. The average molecular weight is 387 g/mol. The third-order valence-electron chi connectivity index (χ3n) is 5.13. The molecule has 0 aromatic heterocycles. The third-order valence-corrected chi connectivity index (χ3v) is 5.38. The van der Waals surface area contributed by atoms with Gasteiger partial charge in [0.1, 0.15) is 13.2 Å². The van der Waals surface area contributed by atoms with Crippen molar-refractivity contribution in [2.75, 3.05) is 13.2 Å². The quantitative estimate of drug-likeness (QED) is 0.795. The Morgan fingerprint density at radius 2 is 1.63 bits per heavy atom. The number of carbonyl (C=O) groups excluding carboxylic acids is 2.